The van der Waals surface area contributed by atoms with E-state index < -0.39 is 6.10 Å². The second-order valence-electron chi connectivity index (χ2n) is 3.01. The van der Waals surface area contributed by atoms with Crippen LogP contribution in [-0.4, -0.2) is 25.4 Å². The molecule has 15 heavy (non-hydrogen) atoms. The van der Waals surface area contributed by atoms with Crippen LogP contribution in [0.3, 0.4) is 0 Å². The lowest BCUT2D eigenvalue weighted by molar-refractivity contribution is 0.253. The van der Waals surface area contributed by atoms with Crippen molar-refractivity contribution in [3.8, 4) is 23.3 Å². The zero-order valence-electron chi connectivity index (χ0n) is 9.07. The predicted molar refractivity (Wildman–Crippen MR) is 58.1 cm³/mol. The highest BCUT2D eigenvalue weighted by molar-refractivity contribution is 5.50. The van der Waals surface area contributed by atoms with E-state index in [-0.39, 0.29) is 0 Å². The molecule has 1 aromatic carbocycles. The molecule has 0 saturated carbocycles. The molecule has 1 unspecified atom stereocenters. The number of hydrogen-bond acceptors (Lipinski definition) is 3. The van der Waals surface area contributed by atoms with Crippen LogP contribution >= 0.6 is 0 Å². The molecule has 0 radical (unpaired) electrons. The minimum absolute atomic E-state index is 0.652. The van der Waals surface area contributed by atoms with E-state index in [1.807, 2.05) is 0 Å². The molecule has 0 bridgehead atoms. The highest BCUT2D eigenvalue weighted by atomic mass is 16.5. The van der Waals surface area contributed by atoms with Gasteiger partial charge < -0.3 is 14.6 Å². The van der Waals surface area contributed by atoms with Crippen molar-refractivity contribution >= 4 is 0 Å². The van der Waals surface area contributed by atoms with E-state index in [1.54, 1.807) is 39.3 Å². The molecule has 0 saturated heterocycles. The summed E-state index contributed by atoms with van der Waals surface area (Å²) in [5.74, 6) is 6.88. The molecule has 3 heteroatoms. The standard InChI is InChI=1S/C12H14O3/c1-9(13)4-5-10-8-11(14-2)6-7-12(10)15-3/h6-9,13H,1-3H3. The average Bonchev–Trinajstić information content (AvgIpc) is 2.25. The summed E-state index contributed by atoms with van der Waals surface area (Å²) < 4.78 is 10.2. The van der Waals surface area contributed by atoms with E-state index in [2.05, 4.69) is 11.8 Å². The number of aliphatic hydroxyl groups is 1. The Hall–Kier alpha value is -1.66. The zero-order valence-corrected chi connectivity index (χ0v) is 9.07. The first-order valence-corrected chi connectivity index (χ1v) is 4.59. The van der Waals surface area contributed by atoms with Crippen LogP contribution < -0.4 is 9.47 Å². The molecule has 0 aliphatic heterocycles. The monoisotopic (exact) mass is 206 g/mol. The number of aliphatic hydroxyl groups excluding tert-OH is 1. The van der Waals surface area contributed by atoms with Gasteiger partial charge in [-0.2, -0.15) is 0 Å². The summed E-state index contributed by atoms with van der Waals surface area (Å²) in [6, 6.07) is 5.35. The van der Waals surface area contributed by atoms with Gasteiger partial charge in [0.15, 0.2) is 0 Å². The van der Waals surface area contributed by atoms with Gasteiger partial charge in [0, 0.05) is 0 Å². The van der Waals surface area contributed by atoms with Crippen molar-refractivity contribution in [1.29, 1.82) is 0 Å². The van der Waals surface area contributed by atoms with Gasteiger partial charge in [-0.15, -0.1) is 0 Å². The summed E-state index contributed by atoms with van der Waals surface area (Å²) >= 11 is 0. The van der Waals surface area contributed by atoms with Crippen LogP contribution in [-0.2, 0) is 0 Å². The van der Waals surface area contributed by atoms with Gasteiger partial charge in [0.1, 0.15) is 17.6 Å². The van der Waals surface area contributed by atoms with Crippen molar-refractivity contribution in [2.24, 2.45) is 0 Å². The Balaban J connectivity index is 3.08. The zero-order chi connectivity index (χ0) is 11.3. The molecular weight excluding hydrogens is 192 g/mol. The normalized spacial score (nSPS) is 11.2. The molecule has 80 valence electrons. The molecule has 0 fully saturated rings. The molecule has 0 aliphatic carbocycles. The van der Waals surface area contributed by atoms with Crippen molar-refractivity contribution in [2.45, 2.75) is 13.0 Å². The largest absolute Gasteiger partial charge is 0.497 e. The van der Waals surface area contributed by atoms with Crippen LogP contribution in [0.2, 0.25) is 0 Å². The van der Waals surface area contributed by atoms with E-state index in [9.17, 15) is 0 Å². The lowest BCUT2D eigenvalue weighted by Gasteiger charge is -2.05. The molecule has 0 amide bonds. The van der Waals surface area contributed by atoms with E-state index in [0.29, 0.717) is 17.1 Å². The lowest BCUT2D eigenvalue weighted by Crippen LogP contribution is -1.94. The van der Waals surface area contributed by atoms with E-state index in [4.69, 9.17) is 14.6 Å². The van der Waals surface area contributed by atoms with Gasteiger partial charge in [-0.05, 0) is 25.1 Å². The fraction of sp³-hybridized carbons (Fsp3) is 0.333. The Morgan fingerprint density at radius 2 is 2.00 bits per heavy atom. The summed E-state index contributed by atoms with van der Waals surface area (Å²) in [7, 11) is 3.17. The van der Waals surface area contributed by atoms with Crippen LogP contribution in [0.15, 0.2) is 18.2 Å². The molecule has 0 aliphatic rings. The maximum Gasteiger partial charge on any atom is 0.134 e. The third kappa shape index (κ3) is 3.19. The molecule has 0 heterocycles. The SMILES string of the molecule is COc1ccc(OC)c(C#CC(C)O)c1. The lowest BCUT2D eigenvalue weighted by atomic mass is 10.2. The molecule has 1 aromatic rings. The number of methoxy groups -OCH3 is 2. The fourth-order valence-electron chi connectivity index (χ4n) is 1.09. The number of ether oxygens (including phenoxy) is 2. The summed E-state index contributed by atoms with van der Waals surface area (Å²) in [5, 5.41) is 9.06. The molecule has 3 nitrogen and oxygen atoms in total. The molecule has 1 N–H and O–H groups in total. The fourth-order valence-corrected chi connectivity index (χ4v) is 1.09. The van der Waals surface area contributed by atoms with Crippen molar-refractivity contribution in [2.75, 3.05) is 14.2 Å². The number of benzene rings is 1. The van der Waals surface area contributed by atoms with Crippen molar-refractivity contribution in [1.82, 2.24) is 0 Å². The Bertz CT molecular complexity index is 386. The number of rotatable bonds is 2. The van der Waals surface area contributed by atoms with Crippen LogP contribution in [0.25, 0.3) is 0 Å². The van der Waals surface area contributed by atoms with Gasteiger partial charge in [-0.25, -0.2) is 0 Å². The molecule has 1 atom stereocenters. The highest BCUT2D eigenvalue weighted by Crippen LogP contribution is 2.22. The van der Waals surface area contributed by atoms with Crippen molar-refractivity contribution < 1.29 is 14.6 Å². The Morgan fingerprint density at radius 3 is 2.53 bits per heavy atom. The van der Waals surface area contributed by atoms with Gasteiger partial charge in [0.2, 0.25) is 0 Å². The molecule has 1 rings (SSSR count). The van der Waals surface area contributed by atoms with E-state index in [1.165, 1.54) is 0 Å². The molecule has 0 spiro atoms. The Kier molecular flexibility index (Phi) is 4.02. The highest BCUT2D eigenvalue weighted by Gasteiger charge is 2.01. The second kappa shape index (κ2) is 5.28. The first kappa shape index (κ1) is 11.4. The number of hydrogen-bond donors (Lipinski definition) is 1. The summed E-state index contributed by atoms with van der Waals surface area (Å²) in [5.41, 5.74) is 0.706. The minimum Gasteiger partial charge on any atom is -0.497 e. The summed E-state index contributed by atoms with van der Waals surface area (Å²) in [6.07, 6.45) is -0.652. The Labute approximate surface area is 89.6 Å². The molecular formula is C12H14O3. The van der Waals surface area contributed by atoms with Crippen molar-refractivity contribution in [3.05, 3.63) is 23.8 Å². The topological polar surface area (TPSA) is 38.7 Å². The first-order valence-electron chi connectivity index (χ1n) is 4.59. The smallest absolute Gasteiger partial charge is 0.134 e. The van der Waals surface area contributed by atoms with Gasteiger partial charge in [0.05, 0.1) is 19.8 Å². The minimum atomic E-state index is -0.652. The third-order valence-electron chi connectivity index (χ3n) is 1.82. The average molecular weight is 206 g/mol. The first-order chi connectivity index (χ1) is 7.17. The van der Waals surface area contributed by atoms with Crippen LogP contribution in [0.4, 0.5) is 0 Å². The van der Waals surface area contributed by atoms with Gasteiger partial charge >= 0.3 is 0 Å². The van der Waals surface area contributed by atoms with Crippen LogP contribution in [0, 0.1) is 11.8 Å². The van der Waals surface area contributed by atoms with Gasteiger partial charge in [-0.1, -0.05) is 11.8 Å². The van der Waals surface area contributed by atoms with Gasteiger partial charge in [-0.3, -0.25) is 0 Å². The van der Waals surface area contributed by atoms with Gasteiger partial charge in [0.25, 0.3) is 0 Å². The molecule has 0 aromatic heterocycles. The Morgan fingerprint density at radius 1 is 1.27 bits per heavy atom. The third-order valence-corrected chi connectivity index (χ3v) is 1.82. The summed E-state index contributed by atoms with van der Waals surface area (Å²) in [6.45, 7) is 1.61. The maximum atomic E-state index is 9.06. The second-order valence-corrected chi connectivity index (χ2v) is 3.01. The summed E-state index contributed by atoms with van der Waals surface area (Å²) in [4.78, 5) is 0. The van der Waals surface area contributed by atoms with E-state index >= 15 is 0 Å². The quantitative estimate of drug-likeness (QED) is 0.744. The van der Waals surface area contributed by atoms with Crippen LogP contribution in [0.1, 0.15) is 12.5 Å². The maximum absolute atomic E-state index is 9.06. The van der Waals surface area contributed by atoms with Crippen LogP contribution in [0.5, 0.6) is 11.5 Å². The van der Waals surface area contributed by atoms with E-state index in [0.717, 1.165) is 0 Å². The van der Waals surface area contributed by atoms with Crippen molar-refractivity contribution in [3.63, 3.8) is 0 Å². The predicted octanol–water partition coefficient (Wildman–Crippen LogP) is 1.44.